The molecular formula is C20H27N3O3. The molecule has 1 unspecified atom stereocenters. The number of piperidine rings is 1. The van der Waals surface area contributed by atoms with Gasteiger partial charge in [0, 0.05) is 30.6 Å². The first-order valence-corrected chi connectivity index (χ1v) is 9.35. The average molecular weight is 357 g/mol. The number of carbonyl (C=O) groups excluding carboxylic acids is 2. The first-order chi connectivity index (χ1) is 12.2. The molecule has 6 heteroatoms. The Hall–Kier alpha value is -2.08. The number of ether oxygens (including phenoxy) is 1. The minimum absolute atomic E-state index is 0.0552. The molecule has 3 aliphatic rings. The van der Waals surface area contributed by atoms with Crippen LogP contribution in [0.25, 0.3) is 0 Å². The highest BCUT2D eigenvalue weighted by atomic mass is 16.5. The summed E-state index contributed by atoms with van der Waals surface area (Å²) in [6.45, 7) is 7.73. The number of rotatable bonds is 0. The molecule has 140 valence electrons. The van der Waals surface area contributed by atoms with Crippen LogP contribution in [0, 0.1) is 5.41 Å². The van der Waals surface area contributed by atoms with Gasteiger partial charge < -0.3 is 20.3 Å². The summed E-state index contributed by atoms with van der Waals surface area (Å²) >= 11 is 0. The zero-order valence-corrected chi connectivity index (χ0v) is 15.7. The molecule has 3 heterocycles. The van der Waals surface area contributed by atoms with Crippen molar-refractivity contribution in [2.24, 2.45) is 5.41 Å². The Morgan fingerprint density at radius 1 is 1.15 bits per heavy atom. The molecule has 0 saturated carbocycles. The van der Waals surface area contributed by atoms with Crippen molar-refractivity contribution in [3.05, 3.63) is 29.8 Å². The number of likely N-dealkylation sites (tertiary alicyclic amines) is 1. The van der Waals surface area contributed by atoms with E-state index in [1.54, 1.807) is 0 Å². The Morgan fingerprint density at radius 3 is 2.54 bits per heavy atom. The summed E-state index contributed by atoms with van der Waals surface area (Å²) in [5, 5.41) is 6.62. The van der Waals surface area contributed by atoms with Gasteiger partial charge in [-0.1, -0.05) is 32.9 Å². The number of hydrogen-bond donors (Lipinski definition) is 2. The predicted octanol–water partition coefficient (Wildman–Crippen LogP) is 2.37. The SMILES string of the molecule is CC(C)(C)C(=O)N1CCC2(CC1)CC1(CO2)NC(=O)c2ccccc2N1. The van der Waals surface area contributed by atoms with Gasteiger partial charge in [-0.15, -0.1) is 0 Å². The van der Waals surface area contributed by atoms with Crippen LogP contribution in [0.5, 0.6) is 0 Å². The van der Waals surface area contributed by atoms with Gasteiger partial charge in [0.25, 0.3) is 5.91 Å². The minimum atomic E-state index is -0.554. The lowest BCUT2D eigenvalue weighted by Gasteiger charge is -2.42. The number of anilines is 1. The summed E-state index contributed by atoms with van der Waals surface area (Å²) in [5.74, 6) is 0.137. The number of carbonyl (C=O) groups is 2. The lowest BCUT2D eigenvalue weighted by molar-refractivity contribution is -0.144. The van der Waals surface area contributed by atoms with Crippen molar-refractivity contribution in [1.29, 1.82) is 0 Å². The third kappa shape index (κ3) is 2.86. The van der Waals surface area contributed by atoms with E-state index in [0.717, 1.165) is 24.9 Å². The van der Waals surface area contributed by atoms with Crippen molar-refractivity contribution in [3.63, 3.8) is 0 Å². The van der Waals surface area contributed by atoms with Crippen molar-refractivity contribution in [2.45, 2.75) is 51.3 Å². The zero-order chi connectivity index (χ0) is 18.6. The van der Waals surface area contributed by atoms with Gasteiger partial charge in [-0.25, -0.2) is 0 Å². The molecule has 1 atom stereocenters. The fourth-order valence-electron chi connectivity index (χ4n) is 4.37. The molecule has 0 bridgehead atoms. The summed E-state index contributed by atoms with van der Waals surface area (Å²) in [7, 11) is 0. The van der Waals surface area contributed by atoms with E-state index in [1.807, 2.05) is 49.9 Å². The van der Waals surface area contributed by atoms with Crippen LogP contribution in [0.4, 0.5) is 5.69 Å². The third-order valence-corrected chi connectivity index (χ3v) is 5.75. The molecule has 0 aliphatic carbocycles. The average Bonchev–Trinajstić information content (AvgIpc) is 2.91. The molecule has 2 saturated heterocycles. The second-order valence-electron chi connectivity index (χ2n) is 8.90. The summed E-state index contributed by atoms with van der Waals surface area (Å²) in [6, 6.07) is 7.56. The number of benzene rings is 1. The van der Waals surface area contributed by atoms with Crippen LogP contribution in [0.1, 0.15) is 50.4 Å². The Kier molecular flexibility index (Phi) is 3.81. The van der Waals surface area contributed by atoms with Crippen LogP contribution in [-0.4, -0.2) is 47.7 Å². The Bertz CT molecular complexity index is 747. The maximum absolute atomic E-state index is 12.5. The van der Waals surface area contributed by atoms with Crippen molar-refractivity contribution in [3.8, 4) is 0 Å². The monoisotopic (exact) mass is 357 g/mol. The predicted molar refractivity (Wildman–Crippen MR) is 98.8 cm³/mol. The summed E-state index contributed by atoms with van der Waals surface area (Å²) in [6.07, 6.45) is 2.32. The normalized spacial score (nSPS) is 27.2. The van der Waals surface area contributed by atoms with E-state index in [1.165, 1.54) is 0 Å². The lowest BCUT2D eigenvalue weighted by Crippen LogP contribution is -2.59. The molecular weight excluding hydrogens is 330 g/mol. The Balaban J connectivity index is 1.47. The summed E-state index contributed by atoms with van der Waals surface area (Å²) in [5.41, 5.74) is 0.343. The Morgan fingerprint density at radius 2 is 1.85 bits per heavy atom. The maximum Gasteiger partial charge on any atom is 0.255 e. The molecule has 2 fully saturated rings. The largest absolute Gasteiger partial charge is 0.370 e. The molecule has 2 N–H and O–H groups in total. The van der Waals surface area contributed by atoms with Gasteiger partial charge in [0.05, 0.1) is 17.8 Å². The smallest absolute Gasteiger partial charge is 0.255 e. The maximum atomic E-state index is 12.5. The van der Waals surface area contributed by atoms with Gasteiger partial charge in [-0.05, 0) is 25.0 Å². The van der Waals surface area contributed by atoms with E-state index in [9.17, 15) is 9.59 Å². The number of fused-ring (bicyclic) bond motifs is 1. The lowest BCUT2D eigenvalue weighted by atomic mass is 9.83. The van der Waals surface area contributed by atoms with Crippen LogP contribution >= 0.6 is 0 Å². The molecule has 6 nitrogen and oxygen atoms in total. The standard InChI is InChI=1S/C20H27N3O3/c1-18(2,3)17(25)23-10-8-19(9-11-23)12-20(13-26-19)21-15-7-5-4-6-14(15)16(24)22-20/h4-7,21H,8-13H2,1-3H3,(H,22,24). The summed E-state index contributed by atoms with van der Waals surface area (Å²) < 4.78 is 6.24. The number of nitrogens with one attached hydrogen (secondary N) is 2. The van der Waals surface area contributed by atoms with Gasteiger partial charge in [0.1, 0.15) is 5.66 Å². The molecule has 0 radical (unpaired) electrons. The van der Waals surface area contributed by atoms with Crippen LogP contribution < -0.4 is 10.6 Å². The molecule has 1 aromatic carbocycles. The molecule has 2 amide bonds. The Labute approximate surface area is 154 Å². The van der Waals surface area contributed by atoms with Crippen LogP contribution in [0.3, 0.4) is 0 Å². The van der Waals surface area contributed by atoms with Gasteiger partial charge in [0.2, 0.25) is 5.91 Å². The molecule has 0 aromatic heterocycles. The number of nitrogens with zero attached hydrogens (tertiary/aromatic N) is 1. The second-order valence-corrected chi connectivity index (χ2v) is 8.90. The van der Waals surface area contributed by atoms with E-state index in [4.69, 9.17) is 4.74 Å². The molecule has 26 heavy (non-hydrogen) atoms. The fourth-order valence-corrected chi connectivity index (χ4v) is 4.37. The fraction of sp³-hybridized carbons (Fsp3) is 0.600. The van der Waals surface area contributed by atoms with E-state index >= 15 is 0 Å². The van der Waals surface area contributed by atoms with E-state index < -0.39 is 5.66 Å². The minimum Gasteiger partial charge on any atom is -0.370 e. The van der Waals surface area contributed by atoms with Crippen LogP contribution in [0.2, 0.25) is 0 Å². The molecule has 1 aromatic rings. The van der Waals surface area contributed by atoms with Crippen molar-refractivity contribution in [1.82, 2.24) is 10.2 Å². The van der Waals surface area contributed by atoms with E-state index in [2.05, 4.69) is 10.6 Å². The molecule has 3 aliphatic heterocycles. The zero-order valence-electron chi connectivity index (χ0n) is 15.7. The van der Waals surface area contributed by atoms with E-state index in [-0.39, 0.29) is 22.8 Å². The second kappa shape index (κ2) is 5.71. The highest BCUT2D eigenvalue weighted by molar-refractivity contribution is 6.02. The van der Waals surface area contributed by atoms with Gasteiger partial charge in [-0.2, -0.15) is 0 Å². The topological polar surface area (TPSA) is 70.7 Å². The third-order valence-electron chi connectivity index (χ3n) is 5.75. The van der Waals surface area contributed by atoms with Gasteiger partial charge in [-0.3, -0.25) is 9.59 Å². The molecule has 4 rings (SSSR count). The van der Waals surface area contributed by atoms with Gasteiger partial charge >= 0.3 is 0 Å². The highest BCUT2D eigenvalue weighted by Crippen LogP contribution is 2.43. The number of para-hydroxylation sites is 1. The first kappa shape index (κ1) is 17.3. The molecule has 2 spiro atoms. The highest BCUT2D eigenvalue weighted by Gasteiger charge is 2.53. The first-order valence-electron chi connectivity index (χ1n) is 9.35. The van der Waals surface area contributed by atoms with Crippen LogP contribution in [-0.2, 0) is 9.53 Å². The quantitative estimate of drug-likeness (QED) is 0.748. The van der Waals surface area contributed by atoms with Crippen LogP contribution in [0.15, 0.2) is 24.3 Å². The summed E-state index contributed by atoms with van der Waals surface area (Å²) in [4.78, 5) is 27.0. The van der Waals surface area contributed by atoms with Crippen molar-refractivity contribution >= 4 is 17.5 Å². The van der Waals surface area contributed by atoms with E-state index in [0.29, 0.717) is 25.3 Å². The van der Waals surface area contributed by atoms with Crippen molar-refractivity contribution in [2.75, 3.05) is 25.0 Å². The van der Waals surface area contributed by atoms with Crippen molar-refractivity contribution < 1.29 is 14.3 Å². The number of hydrogen-bond acceptors (Lipinski definition) is 4. The van der Waals surface area contributed by atoms with Gasteiger partial charge in [0.15, 0.2) is 0 Å². The number of amides is 2.